The number of pyridine rings is 1. The lowest BCUT2D eigenvalue weighted by Gasteiger charge is -2.16. The third-order valence-corrected chi connectivity index (χ3v) is 2.36. The Morgan fingerprint density at radius 1 is 1.11 bits per heavy atom. The number of nitrogens with zero attached hydrogens (tertiary/aromatic N) is 1. The second-order valence-electron chi connectivity index (χ2n) is 3.07. The van der Waals surface area contributed by atoms with Crippen LogP contribution in [0.5, 0.6) is 5.88 Å². The summed E-state index contributed by atoms with van der Waals surface area (Å²) in [4.78, 5) is 2.72. The fourth-order valence-electron chi connectivity index (χ4n) is 1.03. The molecule has 1 aromatic rings. The highest BCUT2D eigenvalue weighted by molar-refractivity contribution is 9.10. The predicted molar refractivity (Wildman–Crippen MR) is 48.6 cm³/mol. The summed E-state index contributed by atoms with van der Waals surface area (Å²) in [6, 6.07) is -0.150. The molecule has 1 heterocycles. The first-order valence-electron chi connectivity index (χ1n) is 4.23. The molecule has 0 radical (unpaired) electrons. The maximum absolute atomic E-state index is 12.5. The number of alkyl halides is 8. The van der Waals surface area contributed by atoms with Crippen LogP contribution in [-0.4, -0.2) is 11.3 Å². The van der Waals surface area contributed by atoms with Crippen molar-refractivity contribution in [2.24, 2.45) is 0 Å². The maximum atomic E-state index is 12.5. The van der Waals surface area contributed by atoms with Crippen molar-refractivity contribution in [1.29, 1.82) is 0 Å². The quantitative estimate of drug-likeness (QED) is 0.564. The van der Waals surface area contributed by atoms with Crippen LogP contribution in [-0.2, 0) is 6.18 Å². The third-order valence-electron chi connectivity index (χ3n) is 1.72. The lowest BCUT2D eigenvalue weighted by molar-refractivity contribution is -0.278. The molecule has 0 saturated heterocycles. The Balaban J connectivity index is 3.41. The van der Waals surface area contributed by atoms with E-state index in [1.165, 1.54) is 0 Å². The van der Waals surface area contributed by atoms with E-state index in [1.807, 2.05) is 0 Å². The number of rotatable bonds is 2. The zero-order valence-corrected chi connectivity index (χ0v) is 10.00. The molecule has 0 amide bonds. The van der Waals surface area contributed by atoms with Gasteiger partial charge in [0.1, 0.15) is 10.2 Å². The van der Waals surface area contributed by atoms with Gasteiger partial charge in [-0.3, -0.25) is 0 Å². The first-order valence-corrected chi connectivity index (χ1v) is 5.02. The van der Waals surface area contributed by atoms with Crippen LogP contribution in [0.25, 0.3) is 0 Å². The lowest BCUT2D eigenvalue weighted by atomic mass is 10.2. The van der Waals surface area contributed by atoms with Crippen molar-refractivity contribution in [2.75, 3.05) is 0 Å². The van der Waals surface area contributed by atoms with Crippen LogP contribution < -0.4 is 4.74 Å². The summed E-state index contributed by atoms with van der Waals surface area (Å²) in [5.41, 5.74) is -3.23. The Kier molecular flexibility index (Phi) is 4.27. The van der Waals surface area contributed by atoms with Gasteiger partial charge in [0, 0.05) is 0 Å². The Morgan fingerprint density at radius 2 is 1.63 bits per heavy atom. The molecular formula is C8H2BrF8NO. The van der Waals surface area contributed by atoms with Crippen LogP contribution in [0.4, 0.5) is 35.1 Å². The molecule has 0 saturated carbocycles. The van der Waals surface area contributed by atoms with Crippen molar-refractivity contribution in [3.8, 4) is 5.88 Å². The number of halogens is 9. The van der Waals surface area contributed by atoms with Crippen molar-refractivity contribution in [1.82, 2.24) is 4.98 Å². The molecule has 11 heteroatoms. The van der Waals surface area contributed by atoms with Gasteiger partial charge in [-0.05, 0) is 22.0 Å². The second kappa shape index (κ2) is 5.10. The summed E-state index contributed by atoms with van der Waals surface area (Å²) in [5.74, 6) is -1.85. The largest absolute Gasteiger partial charge is 0.574 e. The van der Waals surface area contributed by atoms with Crippen molar-refractivity contribution in [3.05, 3.63) is 21.8 Å². The highest BCUT2D eigenvalue weighted by Gasteiger charge is 2.41. The average Bonchev–Trinajstić information content (AvgIpc) is 2.11. The van der Waals surface area contributed by atoms with Gasteiger partial charge in [-0.25, -0.2) is 13.8 Å². The van der Waals surface area contributed by atoms with Crippen LogP contribution >= 0.6 is 15.9 Å². The lowest BCUT2D eigenvalue weighted by Crippen LogP contribution is -2.21. The molecule has 0 fully saturated rings. The molecule has 2 nitrogen and oxygen atoms in total. The molecule has 0 N–H and O–H groups in total. The van der Waals surface area contributed by atoms with E-state index in [0.717, 1.165) is 0 Å². The minimum atomic E-state index is -5.43. The van der Waals surface area contributed by atoms with E-state index >= 15 is 0 Å². The van der Waals surface area contributed by atoms with E-state index in [4.69, 9.17) is 0 Å². The second-order valence-corrected chi connectivity index (χ2v) is 3.82. The standard InChI is InChI=1S/C8H2BrF8NO/c9-4-2(5(10)11)1-3(7(12,13)14)6(18-4)19-8(15,16)17/h1,5H. The van der Waals surface area contributed by atoms with Gasteiger partial charge < -0.3 is 4.74 Å². The summed E-state index contributed by atoms with van der Waals surface area (Å²) in [6.07, 6.45) is -14.1. The van der Waals surface area contributed by atoms with E-state index in [2.05, 4.69) is 25.7 Å². The van der Waals surface area contributed by atoms with Crippen LogP contribution in [0.2, 0.25) is 0 Å². The van der Waals surface area contributed by atoms with E-state index < -0.39 is 40.6 Å². The topological polar surface area (TPSA) is 22.1 Å². The molecule has 0 atom stereocenters. The molecule has 1 rings (SSSR count). The van der Waals surface area contributed by atoms with Crippen molar-refractivity contribution < 1.29 is 39.9 Å². The first-order chi connectivity index (χ1) is 8.42. The molecule has 0 aliphatic heterocycles. The molecule has 0 aliphatic carbocycles. The summed E-state index contributed by atoms with van der Waals surface area (Å²) in [5, 5.41) is 0. The summed E-state index contributed by atoms with van der Waals surface area (Å²) in [7, 11) is 0. The van der Waals surface area contributed by atoms with Crippen molar-refractivity contribution in [2.45, 2.75) is 19.0 Å². The summed E-state index contributed by atoms with van der Waals surface area (Å²) < 4.78 is 100. The molecule has 0 aliphatic rings. The number of aromatic nitrogens is 1. The smallest absolute Gasteiger partial charge is 0.387 e. The molecule has 0 unspecified atom stereocenters. The van der Waals surface area contributed by atoms with Crippen LogP contribution in [0, 0.1) is 0 Å². The maximum Gasteiger partial charge on any atom is 0.574 e. The molecule has 0 bridgehead atoms. The zero-order chi connectivity index (χ0) is 15.0. The molecule has 0 aromatic carbocycles. The first kappa shape index (κ1) is 15.9. The molecular weight excluding hydrogens is 358 g/mol. The monoisotopic (exact) mass is 359 g/mol. The minimum Gasteiger partial charge on any atom is -0.387 e. The Hall–Kier alpha value is -1.13. The fraction of sp³-hybridized carbons (Fsp3) is 0.375. The number of hydrogen-bond donors (Lipinski definition) is 0. The number of hydrogen-bond acceptors (Lipinski definition) is 2. The van der Waals surface area contributed by atoms with Gasteiger partial charge in [0.25, 0.3) is 6.43 Å². The van der Waals surface area contributed by atoms with Crippen LogP contribution in [0.1, 0.15) is 17.6 Å². The predicted octanol–water partition coefficient (Wildman–Crippen LogP) is 4.70. The van der Waals surface area contributed by atoms with Crippen LogP contribution in [0.3, 0.4) is 0 Å². The fourth-order valence-corrected chi connectivity index (χ4v) is 1.48. The van der Waals surface area contributed by atoms with Gasteiger partial charge in [-0.1, -0.05) is 0 Å². The van der Waals surface area contributed by atoms with E-state index in [1.54, 1.807) is 0 Å². The average molecular weight is 360 g/mol. The van der Waals surface area contributed by atoms with E-state index in [9.17, 15) is 35.1 Å². The molecule has 0 spiro atoms. The third kappa shape index (κ3) is 4.18. The van der Waals surface area contributed by atoms with Gasteiger partial charge in [0.15, 0.2) is 0 Å². The molecule has 108 valence electrons. The van der Waals surface area contributed by atoms with Gasteiger partial charge >= 0.3 is 12.5 Å². The summed E-state index contributed by atoms with van der Waals surface area (Å²) >= 11 is 2.35. The van der Waals surface area contributed by atoms with Crippen LogP contribution in [0.15, 0.2) is 10.7 Å². The van der Waals surface area contributed by atoms with Crippen molar-refractivity contribution >= 4 is 15.9 Å². The molecule has 1 aromatic heterocycles. The van der Waals surface area contributed by atoms with E-state index in [-0.39, 0.29) is 6.07 Å². The summed E-state index contributed by atoms with van der Waals surface area (Å²) in [6.45, 7) is 0. The van der Waals surface area contributed by atoms with E-state index in [0.29, 0.717) is 0 Å². The SMILES string of the molecule is FC(F)c1cc(C(F)(F)F)c(OC(F)(F)F)nc1Br. The van der Waals surface area contributed by atoms with Crippen molar-refractivity contribution in [3.63, 3.8) is 0 Å². The normalized spacial score (nSPS) is 12.9. The Labute approximate surface area is 108 Å². The van der Waals surface area contributed by atoms with Gasteiger partial charge in [-0.2, -0.15) is 13.2 Å². The van der Waals surface area contributed by atoms with Gasteiger partial charge in [0.2, 0.25) is 5.88 Å². The number of ether oxygens (including phenoxy) is 1. The highest BCUT2D eigenvalue weighted by atomic mass is 79.9. The minimum absolute atomic E-state index is 0.150. The Morgan fingerprint density at radius 3 is 2.00 bits per heavy atom. The van der Waals surface area contributed by atoms with Gasteiger partial charge in [-0.15, -0.1) is 13.2 Å². The zero-order valence-electron chi connectivity index (χ0n) is 8.41. The van der Waals surface area contributed by atoms with Gasteiger partial charge in [0.05, 0.1) is 5.56 Å². The highest BCUT2D eigenvalue weighted by Crippen LogP contribution is 2.41. The Bertz CT molecular complexity index is 469. The molecule has 19 heavy (non-hydrogen) atoms.